The van der Waals surface area contributed by atoms with Crippen LogP contribution in [-0.2, 0) is 17.8 Å². The van der Waals surface area contributed by atoms with E-state index < -0.39 is 0 Å². The predicted molar refractivity (Wildman–Crippen MR) is 87.4 cm³/mol. The number of anilines is 1. The van der Waals surface area contributed by atoms with E-state index in [1.807, 2.05) is 6.07 Å². The van der Waals surface area contributed by atoms with Crippen molar-refractivity contribution in [2.24, 2.45) is 5.92 Å². The summed E-state index contributed by atoms with van der Waals surface area (Å²) < 4.78 is 5.21. The van der Waals surface area contributed by atoms with E-state index in [1.54, 1.807) is 25.2 Å². The second-order valence-electron chi connectivity index (χ2n) is 6.33. The fourth-order valence-electron chi connectivity index (χ4n) is 2.68. The van der Waals surface area contributed by atoms with Gasteiger partial charge in [0.05, 0.1) is 17.8 Å². The minimum absolute atomic E-state index is 0.0158. The van der Waals surface area contributed by atoms with E-state index in [2.05, 4.69) is 24.0 Å². The van der Waals surface area contributed by atoms with Gasteiger partial charge in [0, 0.05) is 13.5 Å². The average Bonchev–Trinajstić information content (AvgIpc) is 2.95. The SMILES string of the molecule is CC(C)Cc1nc(CN2CC(=O)N(C)c3ccccc3C2=O)no1. The third-order valence-electron chi connectivity index (χ3n) is 3.91. The van der Waals surface area contributed by atoms with Gasteiger partial charge in [-0.05, 0) is 18.1 Å². The smallest absolute Gasteiger partial charge is 0.256 e. The Balaban J connectivity index is 1.85. The van der Waals surface area contributed by atoms with Crippen molar-refractivity contribution in [1.82, 2.24) is 15.0 Å². The van der Waals surface area contributed by atoms with Gasteiger partial charge in [0.2, 0.25) is 11.8 Å². The minimum Gasteiger partial charge on any atom is -0.339 e. The van der Waals surface area contributed by atoms with Crippen LogP contribution in [0.15, 0.2) is 28.8 Å². The Morgan fingerprint density at radius 2 is 2.00 bits per heavy atom. The largest absolute Gasteiger partial charge is 0.339 e. The molecule has 2 aromatic rings. The number of likely N-dealkylation sites (N-methyl/N-ethyl adjacent to an activating group) is 1. The molecule has 0 bridgehead atoms. The molecule has 0 saturated carbocycles. The Morgan fingerprint density at radius 1 is 1.25 bits per heavy atom. The van der Waals surface area contributed by atoms with E-state index in [1.165, 1.54) is 9.80 Å². The number of fused-ring (bicyclic) bond motifs is 1. The highest BCUT2D eigenvalue weighted by molar-refractivity contribution is 6.09. The maximum atomic E-state index is 12.8. The summed E-state index contributed by atoms with van der Waals surface area (Å²) >= 11 is 0. The van der Waals surface area contributed by atoms with Gasteiger partial charge in [-0.15, -0.1) is 0 Å². The van der Waals surface area contributed by atoms with Crippen molar-refractivity contribution in [2.75, 3.05) is 18.5 Å². The second-order valence-corrected chi connectivity index (χ2v) is 6.33. The van der Waals surface area contributed by atoms with E-state index >= 15 is 0 Å². The summed E-state index contributed by atoms with van der Waals surface area (Å²) in [6.45, 7) is 4.26. The van der Waals surface area contributed by atoms with Gasteiger partial charge in [-0.25, -0.2) is 0 Å². The molecular weight excluding hydrogens is 308 g/mol. The van der Waals surface area contributed by atoms with Crippen LogP contribution in [0.2, 0.25) is 0 Å². The molecule has 0 N–H and O–H groups in total. The molecule has 0 fully saturated rings. The maximum Gasteiger partial charge on any atom is 0.256 e. The fourth-order valence-corrected chi connectivity index (χ4v) is 2.68. The Kier molecular flexibility index (Phi) is 4.33. The Hall–Kier alpha value is -2.70. The monoisotopic (exact) mass is 328 g/mol. The normalized spacial score (nSPS) is 15.0. The van der Waals surface area contributed by atoms with Gasteiger partial charge >= 0.3 is 0 Å². The standard InChI is InChI=1S/C17H20N4O3/c1-11(2)8-15-18-14(19-24-15)9-21-10-16(22)20(3)13-7-5-4-6-12(13)17(21)23/h4-7,11H,8-10H2,1-3H3. The highest BCUT2D eigenvalue weighted by Gasteiger charge is 2.30. The number of para-hydroxylation sites is 1. The molecule has 1 aliphatic rings. The van der Waals surface area contributed by atoms with Crippen LogP contribution < -0.4 is 4.90 Å². The van der Waals surface area contributed by atoms with Crippen LogP contribution in [0.25, 0.3) is 0 Å². The zero-order valence-corrected chi connectivity index (χ0v) is 14.0. The number of amides is 2. The number of rotatable bonds is 4. The Bertz CT molecular complexity index is 769. The van der Waals surface area contributed by atoms with Crippen molar-refractivity contribution in [3.05, 3.63) is 41.5 Å². The molecule has 0 unspecified atom stereocenters. The Labute approximate surface area is 140 Å². The third-order valence-corrected chi connectivity index (χ3v) is 3.91. The molecule has 1 aromatic carbocycles. The number of carbonyl (C=O) groups excluding carboxylic acids is 2. The molecule has 0 aliphatic carbocycles. The number of nitrogens with zero attached hydrogens (tertiary/aromatic N) is 4. The summed E-state index contributed by atoms with van der Waals surface area (Å²) in [5, 5.41) is 3.92. The number of hydrogen-bond acceptors (Lipinski definition) is 5. The molecule has 24 heavy (non-hydrogen) atoms. The van der Waals surface area contributed by atoms with Crippen molar-refractivity contribution in [1.29, 1.82) is 0 Å². The first kappa shape index (κ1) is 16.2. The van der Waals surface area contributed by atoms with Gasteiger partial charge in [-0.2, -0.15) is 4.98 Å². The van der Waals surface area contributed by atoms with Crippen molar-refractivity contribution in [3.8, 4) is 0 Å². The number of aromatic nitrogens is 2. The van der Waals surface area contributed by atoms with Crippen LogP contribution in [0.4, 0.5) is 5.69 Å². The zero-order valence-electron chi connectivity index (χ0n) is 14.0. The summed E-state index contributed by atoms with van der Waals surface area (Å²) in [6.07, 6.45) is 0.686. The first-order valence-electron chi connectivity index (χ1n) is 7.92. The van der Waals surface area contributed by atoms with E-state index in [0.29, 0.717) is 35.3 Å². The van der Waals surface area contributed by atoms with Crippen LogP contribution in [-0.4, -0.2) is 40.4 Å². The molecule has 0 saturated heterocycles. The van der Waals surface area contributed by atoms with Crippen LogP contribution in [0.3, 0.4) is 0 Å². The van der Waals surface area contributed by atoms with Crippen molar-refractivity contribution >= 4 is 17.5 Å². The van der Waals surface area contributed by atoms with E-state index in [0.717, 1.165) is 0 Å². The topological polar surface area (TPSA) is 79.5 Å². The van der Waals surface area contributed by atoms with Crippen LogP contribution in [0.1, 0.15) is 35.9 Å². The van der Waals surface area contributed by atoms with Gasteiger partial charge < -0.3 is 14.3 Å². The van der Waals surface area contributed by atoms with E-state index in [9.17, 15) is 9.59 Å². The fraction of sp³-hybridized carbons (Fsp3) is 0.412. The van der Waals surface area contributed by atoms with Gasteiger partial charge in [0.1, 0.15) is 6.54 Å². The molecule has 7 nitrogen and oxygen atoms in total. The lowest BCUT2D eigenvalue weighted by Crippen LogP contribution is -2.37. The summed E-state index contributed by atoms with van der Waals surface area (Å²) in [6, 6.07) is 7.08. The molecule has 3 rings (SSSR count). The minimum atomic E-state index is -0.210. The first-order chi connectivity index (χ1) is 11.5. The molecular formula is C17H20N4O3. The van der Waals surface area contributed by atoms with Crippen LogP contribution >= 0.6 is 0 Å². The molecule has 7 heteroatoms. The van der Waals surface area contributed by atoms with Gasteiger partial charge in [-0.3, -0.25) is 9.59 Å². The number of carbonyl (C=O) groups is 2. The van der Waals surface area contributed by atoms with Gasteiger partial charge in [-0.1, -0.05) is 31.1 Å². The lowest BCUT2D eigenvalue weighted by molar-refractivity contribution is -0.119. The molecule has 2 heterocycles. The highest BCUT2D eigenvalue weighted by Crippen LogP contribution is 2.25. The third kappa shape index (κ3) is 3.15. The maximum absolute atomic E-state index is 12.8. The summed E-state index contributed by atoms with van der Waals surface area (Å²) in [5.41, 5.74) is 1.11. The summed E-state index contributed by atoms with van der Waals surface area (Å²) in [7, 11) is 1.67. The second kappa shape index (κ2) is 6.43. The van der Waals surface area contributed by atoms with Crippen molar-refractivity contribution in [2.45, 2.75) is 26.8 Å². The lowest BCUT2D eigenvalue weighted by atomic mass is 10.1. The van der Waals surface area contributed by atoms with E-state index in [-0.39, 0.29) is 24.9 Å². The van der Waals surface area contributed by atoms with Gasteiger partial charge in [0.25, 0.3) is 5.91 Å². The molecule has 0 spiro atoms. The molecule has 1 aromatic heterocycles. The molecule has 1 aliphatic heterocycles. The molecule has 0 atom stereocenters. The molecule has 2 amide bonds. The van der Waals surface area contributed by atoms with Crippen LogP contribution in [0, 0.1) is 5.92 Å². The average molecular weight is 328 g/mol. The van der Waals surface area contributed by atoms with Crippen LogP contribution in [0.5, 0.6) is 0 Å². The number of benzene rings is 1. The van der Waals surface area contributed by atoms with Crippen molar-refractivity contribution < 1.29 is 14.1 Å². The summed E-state index contributed by atoms with van der Waals surface area (Å²) in [5.74, 6) is 0.998. The quantitative estimate of drug-likeness (QED) is 0.856. The van der Waals surface area contributed by atoms with E-state index in [4.69, 9.17) is 4.52 Å². The van der Waals surface area contributed by atoms with Crippen molar-refractivity contribution in [3.63, 3.8) is 0 Å². The lowest BCUT2D eigenvalue weighted by Gasteiger charge is -2.18. The predicted octanol–water partition coefficient (Wildman–Crippen LogP) is 1.89. The molecule has 0 radical (unpaired) electrons. The summed E-state index contributed by atoms with van der Waals surface area (Å²) in [4.78, 5) is 32.4. The first-order valence-corrected chi connectivity index (χ1v) is 7.92. The zero-order chi connectivity index (χ0) is 17.3. The molecule has 126 valence electrons. The number of hydrogen-bond donors (Lipinski definition) is 0. The Morgan fingerprint density at radius 3 is 2.75 bits per heavy atom. The highest BCUT2D eigenvalue weighted by atomic mass is 16.5. The van der Waals surface area contributed by atoms with Gasteiger partial charge in [0.15, 0.2) is 5.82 Å².